The van der Waals surface area contributed by atoms with Crippen LogP contribution in [0.2, 0.25) is 0 Å². The summed E-state index contributed by atoms with van der Waals surface area (Å²) in [6.45, 7) is 4.72. The Hall–Kier alpha value is -6.00. The van der Waals surface area contributed by atoms with Gasteiger partial charge in [-0.25, -0.2) is 4.98 Å². The molecule has 0 fully saturated rings. The quantitative estimate of drug-likeness (QED) is 0.202. The van der Waals surface area contributed by atoms with Crippen LogP contribution >= 0.6 is 0 Å². The molecule has 0 unspecified atom stereocenters. The highest BCUT2D eigenvalue weighted by Gasteiger charge is 2.38. The van der Waals surface area contributed by atoms with Crippen molar-refractivity contribution < 1.29 is 4.42 Å². The zero-order valence-electron chi connectivity index (χ0n) is 26.0. The minimum Gasteiger partial charge on any atom is -0.438 e. The molecule has 0 saturated heterocycles. The van der Waals surface area contributed by atoms with E-state index < -0.39 is 0 Å². The van der Waals surface area contributed by atoms with Gasteiger partial charge in [-0.3, -0.25) is 0 Å². The van der Waals surface area contributed by atoms with E-state index in [1.165, 1.54) is 44.1 Å². The number of hydrogen-bond acceptors (Lipinski definition) is 3. The van der Waals surface area contributed by atoms with E-state index in [-0.39, 0.29) is 5.41 Å². The van der Waals surface area contributed by atoms with Crippen LogP contribution < -0.4 is 0 Å². The van der Waals surface area contributed by atoms with Gasteiger partial charge in [-0.05, 0) is 46.5 Å². The van der Waals surface area contributed by atoms with E-state index in [2.05, 4.69) is 122 Å². The minimum absolute atomic E-state index is 0.158. The van der Waals surface area contributed by atoms with Gasteiger partial charge in [0.25, 0.3) is 0 Å². The fourth-order valence-electron chi connectivity index (χ4n) is 7.92. The van der Waals surface area contributed by atoms with Gasteiger partial charge in [0.15, 0.2) is 5.82 Å². The highest BCUT2D eigenvalue weighted by Crippen LogP contribution is 2.53. The first kappa shape index (κ1) is 26.2. The van der Waals surface area contributed by atoms with Crippen molar-refractivity contribution in [2.24, 2.45) is 0 Å². The van der Waals surface area contributed by atoms with E-state index in [1.54, 1.807) is 0 Å². The van der Waals surface area contributed by atoms with Gasteiger partial charge in [-0.1, -0.05) is 129 Å². The zero-order valence-corrected chi connectivity index (χ0v) is 26.0. The molecule has 1 aliphatic carbocycles. The number of benzene rings is 6. The summed E-state index contributed by atoms with van der Waals surface area (Å²) in [6.07, 6.45) is 0. The maximum Gasteiger partial charge on any atom is 0.231 e. The topological polar surface area (TPSA) is 43.9 Å². The molecule has 0 spiro atoms. The third kappa shape index (κ3) is 3.64. The Morgan fingerprint density at radius 2 is 1.34 bits per heavy atom. The molecule has 4 nitrogen and oxygen atoms in total. The summed E-state index contributed by atoms with van der Waals surface area (Å²) in [7, 11) is 0. The fourth-order valence-corrected chi connectivity index (χ4v) is 7.92. The average molecular weight is 604 g/mol. The summed E-state index contributed by atoms with van der Waals surface area (Å²) in [5.41, 5.74) is 12.9. The molecule has 4 heteroatoms. The van der Waals surface area contributed by atoms with Gasteiger partial charge in [-0.2, -0.15) is 4.98 Å². The van der Waals surface area contributed by atoms with Gasteiger partial charge in [-0.15, -0.1) is 0 Å². The Labute approximate surface area is 271 Å². The van der Waals surface area contributed by atoms with Crippen molar-refractivity contribution in [3.05, 3.63) is 151 Å². The molecule has 1 aliphatic rings. The molecule has 0 amide bonds. The molecule has 3 aromatic heterocycles. The highest BCUT2D eigenvalue weighted by molar-refractivity contribution is 6.13. The SMILES string of the molecule is CC1(C)c2ccccc2-c2ccc3c4ccccc4n(-c4cccc(-c5nc(-c6ccccc6)c6c(n5)oc5ccccc56)c4)c3c21. The molecule has 9 aromatic rings. The predicted molar refractivity (Wildman–Crippen MR) is 192 cm³/mol. The first-order chi connectivity index (χ1) is 23.1. The van der Waals surface area contributed by atoms with E-state index in [1.807, 2.05) is 36.4 Å². The maximum atomic E-state index is 6.34. The Morgan fingerprint density at radius 1 is 0.596 bits per heavy atom. The molecular formula is C43H29N3O. The summed E-state index contributed by atoms with van der Waals surface area (Å²) < 4.78 is 8.79. The number of hydrogen-bond donors (Lipinski definition) is 0. The summed E-state index contributed by atoms with van der Waals surface area (Å²) in [6, 6.07) is 49.3. The van der Waals surface area contributed by atoms with Crippen molar-refractivity contribution in [1.82, 2.24) is 14.5 Å². The van der Waals surface area contributed by atoms with Crippen LogP contribution in [0.3, 0.4) is 0 Å². The molecule has 3 heterocycles. The van der Waals surface area contributed by atoms with E-state index >= 15 is 0 Å². The van der Waals surface area contributed by atoms with Crippen molar-refractivity contribution in [2.75, 3.05) is 0 Å². The maximum absolute atomic E-state index is 6.34. The van der Waals surface area contributed by atoms with Crippen molar-refractivity contribution in [2.45, 2.75) is 19.3 Å². The van der Waals surface area contributed by atoms with Gasteiger partial charge in [0.1, 0.15) is 5.58 Å². The van der Waals surface area contributed by atoms with Crippen LogP contribution in [0.25, 0.3) is 83.3 Å². The highest BCUT2D eigenvalue weighted by atomic mass is 16.3. The monoisotopic (exact) mass is 603 g/mol. The van der Waals surface area contributed by atoms with Crippen molar-refractivity contribution in [1.29, 1.82) is 0 Å². The van der Waals surface area contributed by atoms with E-state index in [0.717, 1.165) is 38.9 Å². The molecule has 0 atom stereocenters. The van der Waals surface area contributed by atoms with Gasteiger partial charge >= 0.3 is 0 Å². The summed E-state index contributed by atoms with van der Waals surface area (Å²) in [5, 5.41) is 4.46. The molecule has 0 saturated carbocycles. The molecule has 0 aliphatic heterocycles. The number of rotatable bonds is 3. The van der Waals surface area contributed by atoms with Gasteiger partial charge in [0, 0.05) is 38.4 Å². The first-order valence-electron chi connectivity index (χ1n) is 16.1. The first-order valence-corrected chi connectivity index (χ1v) is 16.1. The predicted octanol–water partition coefficient (Wildman–Crippen LogP) is 11.1. The molecule has 6 aromatic carbocycles. The van der Waals surface area contributed by atoms with E-state index in [4.69, 9.17) is 14.4 Å². The largest absolute Gasteiger partial charge is 0.438 e. The van der Waals surface area contributed by atoms with Gasteiger partial charge < -0.3 is 8.98 Å². The molecule has 0 N–H and O–H groups in total. The smallest absolute Gasteiger partial charge is 0.231 e. The molecule has 222 valence electrons. The van der Waals surface area contributed by atoms with Crippen molar-refractivity contribution in [3.63, 3.8) is 0 Å². The normalized spacial score (nSPS) is 13.5. The Balaban J connectivity index is 1.25. The van der Waals surface area contributed by atoms with Crippen LogP contribution in [0.5, 0.6) is 0 Å². The Morgan fingerprint density at radius 3 is 2.23 bits per heavy atom. The molecule has 10 rings (SSSR count). The molecule has 47 heavy (non-hydrogen) atoms. The van der Waals surface area contributed by atoms with Crippen LogP contribution in [0.4, 0.5) is 0 Å². The Bertz CT molecular complexity index is 2710. The lowest BCUT2D eigenvalue weighted by Crippen LogP contribution is -2.16. The second kappa shape index (κ2) is 9.51. The third-order valence-corrected chi connectivity index (χ3v) is 10.0. The summed E-state index contributed by atoms with van der Waals surface area (Å²) >= 11 is 0. The number of para-hydroxylation sites is 2. The molecule has 0 radical (unpaired) electrons. The summed E-state index contributed by atoms with van der Waals surface area (Å²) in [5.74, 6) is 0.635. The third-order valence-electron chi connectivity index (χ3n) is 10.0. The van der Waals surface area contributed by atoms with Crippen LogP contribution in [0.1, 0.15) is 25.0 Å². The fraction of sp³-hybridized carbons (Fsp3) is 0.0698. The van der Waals surface area contributed by atoms with Crippen molar-refractivity contribution in [3.8, 4) is 39.5 Å². The standard InChI is InChI=1S/C43H29N3O/c1-43(2)34-20-9-6-17-29(34)31-23-24-32-30-18-7-10-21-35(30)46(40(32)38(31)43)28-16-12-15-27(25-28)41-44-39(26-13-4-3-5-14-26)37-33-19-8-11-22-36(33)47-42(37)45-41/h3-25H,1-2H3. The molecule has 0 bridgehead atoms. The number of aromatic nitrogens is 3. The summed E-state index contributed by atoms with van der Waals surface area (Å²) in [4.78, 5) is 10.3. The van der Waals surface area contributed by atoms with E-state index in [0.29, 0.717) is 11.5 Å². The number of furan rings is 1. The number of nitrogens with zero attached hydrogens (tertiary/aromatic N) is 3. The lowest BCUT2D eigenvalue weighted by Gasteiger charge is -2.23. The lowest BCUT2D eigenvalue weighted by atomic mass is 9.81. The minimum atomic E-state index is -0.158. The van der Waals surface area contributed by atoms with Crippen LogP contribution in [0, 0.1) is 0 Å². The average Bonchev–Trinajstić information content (AvgIpc) is 3.74. The van der Waals surface area contributed by atoms with Crippen molar-refractivity contribution >= 4 is 43.9 Å². The number of fused-ring (bicyclic) bond motifs is 10. The van der Waals surface area contributed by atoms with Crippen LogP contribution in [-0.4, -0.2) is 14.5 Å². The van der Waals surface area contributed by atoms with Crippen LogP contribution in [0.15, 0.2) is 144 Å². The second-order valence-corrected chi connectivity index (χ2v) is 13.0. The zero-order chi connectivity index (χ0) is 31.3. The Kier molecular flexibility index (Phi) is 5.31. The van der Waals surface area contributed by atoms with Gasteiger partial charge in [0.05, 0.1) is 22.1 Å². The molecular weight excluding hydrogens is 574 g/mol. The second-order valence-electron chi connectivity index (χ2n) is 13.0. The van der Waals surface area contributed by atoms with Crippen LogP contribution in [-0.2, 0) is 5.41 Å². The lowest BCUT2D eigenvalue weighted by molar-refractivity contribution is 0.653. The van der Waals surface area contributed by atoms with E-state index in [9.17, 15) is 0 Å². The van der Waals surface area contributed by atoms with Gasteiger partial charge in [0.2, 0.25) is 5.71 Å².